The van der Waals surface area contributed by atoms with Crippen LogP contribution in [0.1, 0.15) is 24.9 Å². The molecule has 0 aliphatic rings. The Labute approximate surface area is 174 Å². The third-order valence-corrected chi connectivity index (χ3v) is 5.46. The van der Waals surface area contributed by atoms with Gasteiger partial charge in [0.1, 0.15) is 11.8 Å². The van der Waals surface area contributed by atoms with Crippen molar-refractivity contribution in [3.8, 4) is 5.75 Å². The second-order valence-electron chi connectivity index (χ2n) is 6.44. The van der Waals surface area contributed by atoms with Crippen LogP contribution in [-0.4, -0.2) is 33.5 Å². The van der Waals surface area contributed by atoms with Crippen LogP contribution in [0.3, 0.4) is 0 Å². The molecule has 0 aliphatic heterocycles. The van der Waals surface area contributed by atoms with Crippen molar-refractivity contribution >= 4 is 29.3 Å². The van der Waals surface area contributed by atoms with Gasteiger partial charge < -0.3 is 15.8 Å². The highest BCUT2D eigenvalue weighted by molar-refractivity contribution is 7.99. The first-order chi connectivity index (χ1) is 14.1. The van der Waals surface area contributed by atoms with E-state index in [1.54, 1.807) is 47.7 Å². The lowest BCUT2D eigenvalue weighted by molar-refractivity contribution is -0.119. The van der Waals surface area contributed by atoms with Crippen LogP contribution >= 0.6 is 11.8 Å². The van der Waals surface area contributed by atoms with E-state index >= 15 is 0 Å². The molecule has 0 saturated heterocycles. The van der Waals surface area contributed by atoms with Gasteiger partial charge in [-0.15, -0.1) is 10.2 Å². The van der Waals surface area contributed by atoms with Gasteiger partial charge in [-0.3, -0.25) is 9.36 Å². The summed E-state index contributed by atoms with van der Waals surface area (Å²) in [6.07, 6.45) is 1.46. The standard InChI is InChI=1S/C21H25N5O2S/c1-3-18(19(27)23-16-9-11-17(28-2)12-10-16)26-20(22)24-25-21(26)29-14-13-15-7-5-4-6-8-15/h4-12,18H,3,13-14H2,1-2H3,(H2,22,24)(H,23,27). The van der Waals surface area contributed by atoms with Gasteiger partial charge in [-0.05, 0) is 42.7 Å². The van der Waals surface area contributed by atoms with Gasteiger partial charge in [0.05, 0.1) is 7.11 Å². The molecule has 3 rings (SSSR count). The molecule has 1 heterocycles. The Morgan fingerprint density at radius 2 is 1.90 bits per heavy atom. The zero-order valence-corrected chi connectivity index (χ0v) is 17.4. The summed E-state index contributed by atoms with van der Waals surface area (Å²) < 4.78 is 6.87. The number of aryl methyl sites for hydroxylation is 1. The lowest BCUT2D eigenvalue weighted by Gasteiger charge is -2.19. The zero-order chi connectivity index (χ0) is 20.6. The van der Waals surface area contributed by atoms with Crippen molar-refractivity contribution in [2.24, 2.45) is 0 Å². The molecule has 0 radical (unpaired) electrons. The van der Waals surface area contributed by atoms with E-state index in [2.05, 4.69) is 27.6 Å². The van der Waals surface area contributed by atoms with Crippen LogP contribution in [0.25, 0.3) is 0 Å². The molecule has 1 atom stereocenters. The molecular weight excluding hydrogens is 386 g/mol. The third kappa shape index (κ3) is 5.29. The van der Waals surface area contributed by atoms with Gasteiger partial charge in [-0.1, -0.05) is 49.0 Å². The average Bonchev–Trinajstić information content (AvgIpc) is 3.10. The highest BCUT2D eigenvalue weighted by atomic mass is 32.2. The second kappa shape index (κ2) is 9.97. The van der Waals surface area contributed by atoms with Crippen molar-refractivity contribution in [1.29, 1.82) is 0 Å². The van der Waals surface area contributed by atoms with Crippen LogP contribution in [0, 0.1) is 0 Å². The lowest BCUT2D eigenvalue weighted by atomic mass is 10.2. The molecule has 152 valence electrons. The summed E-state index contributed by atoms with van der Waals surface area (Å²) in [5.74, 6) is 1.63. The predicted molar refractivity (Wildman–Crippen MR) is 116 cm³/mol. The fraction of sp³-hybridized carbons (Fsp3) is 0.286. The molecule has 29 heavy (non-hydrogen) atoms. The average molecular weight is 412 g/mol. The smallest absolute Gasteiger partial charge is 0.247 e. The normalized spacial score (nSPS) is 11.8. The maximum atomic E-state index is 12.9. The highest BCUT2D eigenvalue weighted by Gasteiger charge is 2.25. The summed E-state index contributed by atoms with van der Waals surface area (Å²) in [5, 5.41) is 11.8. The van der Waals surface area contributed by atoms with E-state index in [1.165, 1.54) is 5.56 Å². The first kappa shape index (κ1) is 20.7. The SMILES string of the molecule is CCC(C(=O)Nc1ccc(OC)cc1)n1c(N)nnc1SCCc1ccccc1. The van der Waals surface area contributed by atoms with Crippen molar-refractivity contribution in [2.75, 3.05) is 23.9 Å². The van der Waals surface area contributed by atoms with E-state index in [9.17, 15) is 4.79 Å². The fourth-order valence-electron chi connectivity index (χ4n) is 2.97. The Bertz CT molecular complexity index is 928. The van der Waals surface area contributed by atoms with Crippen LogP contribution in [0.5, 0.6) is 5.75 Å². The second-order valence-corrected chi connectivity index (χ2v) is 7.50. The first-order valence-corrected chi connectivity index (χ1v) is 10.4. The summed E-state index contributed by atoms with van der Waals surface area (Å²) in [6.45, 7) is 1.94. The number of nitrogens with zero attached hydrogens (tertiary/aromatic N) is 3. The van der Waals surface area contributed by atoms with E-state index in [0.717, 1.165) is 17.9 Å². The Morgan fingerprint density at radius 3 is 2.55 bits per heavy atom. The van der Waals surface area contributed by atoms with E-state index < -0.39 is 6.04 Å². The number of amides is 1. The predicted octanol–water partition coefficient (Wildman–Crippen LogP) is 3.79. The maximum Gasteiger partial charge on any atom is 0.247 e. The lowest BCUT2D eigenvalue weighted by Crippen LogP contribution is -2.27. The van der Waals surface area contributed by atoms with Crippen molar-refractivity contribution in [3.05, 3.63) is 60.2 Å². The minimum Gasteiger partial charge on any atom is -0.497 e. The number of benzene rings is 2. The molecule has 1 unspecified atom stereocenters. The molecule has 0 bridgehead atoms. The number of rotatable bonds is 9. The number of nitrogens with two attached hydrogens (primary N) is 1. The van der Waals surface area contributed by atoms with Gasteiger partial charge in [0.25, 0.3) is 0 Å². The Hall–Kier alpha value is -3.00. The van der Waals surface area contributed by atoms with Crippen molar-refractivity contribution < 1.29 is 9.53 Å². The Balaban J connectivity index is 1.69. The molecule has 8 heteroatoms. The van der Waals surface area contributed by atoms with Gasteiger partial charge in [-0.2, -0.15) is 0 Å². The van der Waals surface area contributed by atoms with E-state index in [1.807, 2.05) is 25.1 Å². The number of nitrogens with one attached hydrogen (secondary N) is 1. The number of carbonyl (C=O) groups excluding carboxylic acids is 1. The topological polar surface area (TPSA) is 95.1 Å². The van der Waals surface area contributed by atoms with Gasteiger partial charge in [0.15, 0.2) is 5.16 Å². The number of hydrogen-bond donors (Lipinski definition) is 2. The van der Waals surface area contributed by atoms with Crippen LogP contribution in [0.2, 0.25) is 0 Å². The van der Waals surface area contributed by atoms with E-state index in [4.69, 9.17) is 10.5 Å². The number of aromatic nitrogens is 3. The molecule has 1 amide bonds. The molecule has 7 nitrogen and oxygen atoms in total. The molecule has 0 saturated carbocycles. The van der Waals surface area contributed by atoms with Crippen molar-refractivity contribution in [3.63, 3.8) is 0 Å². The molecule has 0 aliphatic carbocycles. The molecule has 3 N–H and O–H groups in total. The van der Waals surface area contributed by atoms with Crippen molar-refractivity contribution in [1.82, 2.24) is 14.8 Å². The fourth-order valence-corrected chi connectivity index (χ4v) is 3.95. The minimum absolute atomic E-state index is 0.158. The molecular formula is C21H25N5O2S. The minimum atomic E-state index is -0.494. The number of carbonyl (C=O) groups is 1. The van der Waals surface area contributed by atoms with Crippen LogP contribution in [0.4, 0.5) is 11.6 Å². The van der Waals surface area contributed by atoms with E-state index in [0.29, 0.717) is 17.3 Å². The maximum absolute atomic E-state index is 12.9. The zero-order valence-electron chi connectivity index (χ0n) is 16.5. The van der Waals surface area contributed by atoms with Gasteiger partial charge >= 0.3 is 0 Å². The quantitative estimate of drug-likeness (QED) is 0.520. The van der Waals surface area contributed by atoms with Crippen LogP contribution in [-0.2, 0) is 11.2 Å². The van der Waals surface area contributed by atoms with Gasteiger partial charge in [0, 0.05) is 11.4 Å². The number of nitrogen functional groups attached to an aromatic ring is 1. The number of hydrogen-bond acceptors (Lipinski definition) is 6. The molecule has 2 aromatic carbocycles. The molecule has 3 aromatic rings. The third-order valence-electron chi connectivity index (χ3n) is 4.51. The first-order valence-electron chi connectivity index (χ1n) is 9.44. The summed E-state index contributed by atoms with van der Waals surface area (Å²) >= 11 is 1.55. The van der Waals surface area contributed by atoms with Crippen LogP contribution < -0.4 is 15.8 Å². The van der Waals surface area contributed by atoms with Crippen LogP contribution in [0.15, 0.2) is 59.8 Å². The summed E-state index contributed by atoms with van der Waals surface area (Å²) in [6, 6.07) is 16.9. The number of methoxy groups -OCH3 is 1. The molecule has 1 aromatic heterocycles. The van der Waals surface area contributed by atoms with Crippen molar-refractivity contribution in [2.45, 2.75) is 31.0 Å². The Morgan fingerprint density at radius 1 is 1.17 bits per heavy atom. The van der Waals surface area contributed by atoms with E-state index in [-0.39, 0.29) is 11.9 Å². The van der Waals surface area contributed by atoms with Gasteiger partial charge in [0.2, 0.25) is 11.9 Å². The molecule has 0 spiro atoms. The highest BCUT2D eigenvalue weighted by Crippen LogP contribution is 2.27. The van der Waals surface area contributed by atoms with Gasteiger partial charge in [-0.25, -0.2) is 0 Å². The summed E-state index contributed by atoms with van der Waals surface area (Å²) in [7, 11) is 1.60. The molecule has 0 fully saturated rings. The monoisotopic (exact) mass is 411 g/mol. The number of thioether (sulfide) groups is 1. The number of ether oxygens (including phenoxy) is 1. The largest absolute Gasteiger partial charge is 0.497 e. The number of anilines is 2. The summed E-state index contributed by atoms with van der Waals surface area (Å²) in [4.78, 5) is 12.9. The summed E-state index contributed by atoms with van der Waals surface area (Å²) in [5.41, 5.74) is 8.00. The Kier molecular flexibility index (Phi) is 7.13.